The molecule has 0 saturated carbocycles. The summed E-state index contributed by atoms with van der Waals surface area (Å²) in [6.45, 7) is 2.55. The van der Waals surface area contributed by atoms with Crippen LogP contribution in [0.25, 0.3) is 0 Å². The summed E-state index contributed by atoms with van der Waals surface area (Å²) in [7, 11) is 0. The highest BCUT2D eigenvalue weighted by Gasteiger charge is 2.32. The van der Waals surface area contributed by atoms with E-state index in [0.29, 0.717) is 6.61 Å². The van der Waals surface area contributed by atoms with E-state index >= 15 is 0 Å². The molecule has 1 aliphatic heterocycles. The van der Waals surface area contributed by atoms with Gasteiger partial charge in [0.05, 0.1) is 0 Å². The van der Waals surface area contributed by atoms with E-state index in [9.17, 15) is 0 Å². The van der Waals surface area contributed by atoms with Crippen molar-refractivity contribution >= 4 is 6.02 Å². The third-order valence-corrected chi connectivity index (χ3v) is 2.25. The zero-order valence-electron chi connectivity index (χ0n) is 7.53. The Morgan fingerprint density at radius 3 is 2.62 bits per heavy atom. The van der Waals surface area contributed by atoms with Gasteiger partial charge in [0.1, 0.15) is 12.1 Å². The number of nitrogens with zero attached hydrogens (tertiary/aromatic N) is 1. The Hall–Kier alpha value is -1.51. The Morgan fingerprint density at radius 1 is 1.38 bits per heavy atom. The van der Waals surface area contributed by atoms with Gasteiger partial charge in [0.15, 0.2) is 0 Å². The van der Waals surface area contributed by atoms with Crippen molar-refractivity contribution in [3.63, 3.8) is 0 Å². The predicted octanol–water partition coefficient (Wildman–Crippen LogP) is 1.25. The molecule has 1 heterocycles. The third kappa shape index (κ3) is 1.37. The molecule has 3 nitrogen and oxygen atoms in total. The van der Waals surface area contributed by atoms with Crippen molar-refractivity contribution in [3.8, 4) is 0 Å². The third-order valence-electron chi connectivity index (χ3n) is 2.25. The van der Waals surface area contributed by atoms with E-state index in [0.717, 1.165) is 5.56 Å². The molecular weight excluding hydrogens is 164 g/mol. The zero-order chi connectivity index (χ0) is 9.31. The molecule has 0 radical (unpaired) electrons. The number of benzene rings is 1. The summed E-state index contributed by atoms with van der Waals surface area (Å²) in [6, 6.07) is 10.3. The van der Waals surface area contributed by atoms with Crippen LogP contribution in [0.1, 0.15) is 12.5 Å². The van der Waals surface area contributed by atoms with Crippen LogP contribution in [0.3, 0.4) is 0 Å². The van der Waals surface area contributed by atoms with Gasteiger partial charge in [-0.2, -0.15) is 0 Å². The predicted molar refractivity (Wildman–Crippen MR) is 51.4 cm³/mol. The Balaban J connectivity index is 2.37. The van der Waals surface area contributed by atoms with E-state index in [1.807, 2.05) is 37.3 Å². The largest absolute Gasteiger partial charge is 0.462 e. The molecule has 68 valence electrons. The van der Waals surface area contributed by atoms with Crippen molar-refractivity contribution in [3.05, 3.63) is 35.9 Å². The molecule has 0 bridgehead atoms. The normalized spacial score (nSPS) is 26.7. The molecule has 1 aliphatic rings. The van der Waals surface area contributed by atoms with Crippen LogP contribution in [0.5, 0.6) is 0 Å². The van der Waals surface area contributed by atoms with Gasteiger partial charge in [0, 0.05) is 0 Å². The summed E-state index contributed by atoms with van der Waals surface area (Å²) in [6.07, 6.45) is 0. The quantitative estimate of drug-likeness (QED) is 0.700. The fraction of sp³-hybridized carbons (Fsp3) is 0.300. The standard InChI is InChI=1S/C10H12N2O/c1-10(7-13-9(11)12-10)8-5-3-2-4-6-8/h2-6H,7H2,1H3,(H2,11,12)/t10-/m1/s1. The summed E-state index contributed by atoms with van der Waals surface area (Å²) in [4.78, 5) is 4.26. The summed E-state index contributed by atoms with van der Waals surface area (Å²) in [5.74, 6) is 0. The summed E-state index contributed by atoms with van der Waals surface area (Å²) >= 11 is 0. The molecule has 3 heteroatoms. The number of hydrogen-bond acceptors (Lipinski definition) is 3. The van der Waals surface area contributed by atoms with E-state index in [4.69, 9.17) is 10.5 Å². The first-order chi connectivity index (χ1) is 6.21. The Labute approximate surface area is 77.2 Å². The molecule has 0 unspecified atom stereocenters. The lowest BCUT2D eigenvalue weighted by molar-refractivity contribution is 0.266. The first-order valence-corrected chi connectivity index (χ1v) is 4.24. The lowest BCUT2D eigenvalue weighted by Gasteiger charge is -2.17. The highest BCUT2D eigenvalue weighted by atomic mass is 16.5. The monoisotopic (exact) mass is 176 g/mol. The molecule has 1 aromatic carbocycles. The number of amidine groups is 1. The fourth-order valence-electron chi connectivity index (χ4n) is 1.47. The van der Waals surface area contributed by atoms with Crippen LogP contribution in [0.2, 0.25) is 0 Å². The Bertz CT molecular complexity index is 334. The molecule has 2 rings (SSSR count). The van der Waals surface area contributed by atoms with Gasteiger partial charge in [-0.05, 0) is 12.5 Å². The van der Waals surface area contributed by atoms with Crippen LogP contribution < -0.4 is 5.73 Å². The van der Waals surface area contributed by atoms with Gasteiger partial charge in [0.2, 0.25) is 0 Å². The number of nitrogens with two attached hydrogens (primary N) is 1. The van der Waals surface area contributed by atoms with Gasteiger partial charge in [-0.3, -0.25) is 0 Å². The van der Waals surface area contributed by atoms with Gasteiger partial charge in [-0.15, -0.1) is 0 Å². The maximum Gasteiger partial charge on any atom is 0.283 e. The van der Waals surface area contributed by atoms with Crippen molar-refractivity contribution in [2.24, 2.45) is 10.7 Å². The lowest BCUT2D eigenvalue weighted by atomic mass is 9.94. The zero-order valence-corrected chi connectivity index (χ0v) is 7.53. The topological polar surface area (TPSA) is 47.6 Å². The molecular formula is C10H12N2O. The van der Waals surface area contributed by atoms with E-state index in [-0.39, 0.29) is 11.6 Å². The molecule has 0 fully saturated rings. The van der Waals surface area contributed by atoms with Crippen molar-refractivity contribution in [1.29, 1.82) is 0 Å². The van der Waals surface area contributed by atoms with E-state index in [1.165, 1.54) is 0 Å². The number of rotatable bonds is 1. The van der Waals surface area contributed by atoms with Crippen molar-refractivity contribution < 1.29 is 4.74 Å². The molecule has 0 saturated heterocycles. The molecule has 1 atom stereocenters. The van der Waals surface area contributed by atoms with Crippen LogP contribution >= 0.6 is 0 Å². The first-order valence-electron chi connectivity index (χ1n) is 4.24. The molecule has 13 heavy (non-hydrogen) atoms. The number of hydrogen-bond donors (Lipinski definition) is 1. The first kappa shape index (κ1) is 8.10. The van der Waals surface area contributed by atoms with Crippen molar-refractivity contribution in [2.75, 3.05) is 6.61 Å². The summed E-state index contributed by atoms with van der Waals surface area (Å²) in [5.41, 5.74) is 6.31. The van der Waals surface area contributed by atoms with Crippen molar-refractivity contribution in [1.82, 2.24) is 0 Å². The summed E-state index contributed by atoms with van der Waals surface area (Å²) in [5, 5.41) is 0. The molecule has 2 N–H and O–H groups in total. The van der Waals surface area contributed by atoms with Gasteiger partial charge < -0.3 is 10.5 Å². The second-order valence-corrected chi connectivity index (χ2v) is 3.38. The average Bonchev–Trinajstić information content (AvgIpc) is 2.49. The average molecular weight is 176 g/mol. The Morgan fingerprint density at radius 2 is 2.08 bits per heavy atom. The number of ether oxygens (including phenoxy) is 1. The van der Waals surface area contributed by atoms with Crippen LogP contribution in [-0.2, 0) is 10.3 Å². The van der Waals surface area contributed by atoms with Crippen LogP contribution in [0, 0.1) is 0 Å². The van der Waals surface area contributed by atoms with Crippen molar-refractivity contribution in [2.45, 2.75) is 12.5 Å². The van der Waals surface area contributed by atoms with Gasteiger partial charge in [-0.1, -0.05) is 30.3 Å². The van der Waals surface area contributed by atoms with Crippen LogP contribution in [0.4, 0.5) is 0 Å². The van der Waals surface area contributed by atoms with Gasteiger partial charge in [0.25, 0.3) is 6.02 Å². The Kier molecular flexibility index (Phi) is 1.72. The molecule has 0 spiro atoms. The van der Waals surface area contributed by atoms with Crippen LogP contribution in [0.15, 0.2) is 35.3 Å². The highest BCUT2D eigenvalue weighted by molar-refractivity contribution is 5.74. The SMILES string of the molecule is C[C@]1(c2ccccc2)COC(N)=N1. The highest BCUT2D eigenvalue weighted by Crippen LogP contribution is 2.28. The fourth-order valence-corrected chi connectivity index (χ4v) is 1.47. The maximum atomic E-state index is 5.48. The van der Waals surface area contributed by atoms with E-state index < -0.39 is 0 Å². The molecule has 0 amide bonds. The van der Waals surface area contributed by atoms with E-state index in [1.54, 1.807) is 0 Å². The maximum absolute atomic E-state index is 5.48. The molecule has 1 aromatic rings. The molecule has 0 aromatic heterocycles. The van der Waals surface area contributed by atoms with E-state index in [2.05, 4.69) is 4.99 Å². The minimum Gasteiger partial charge on any atom is -0.462 e. The minimum absolute atomic E-state index is 0.284. The summed E-state index contributed by atoms with van der Waals surface area (Å²) < 4.78 is 5.15. The minimum atomic E-state index is -0.300. The molecule has 0 aliphatic carbocycles. The smallest absolute Gasteiger partial charge is 0.283 e. The van der Waals surface area contributed by atoms with Gasteiger partial charge in [-0.25, -0.2) is 4.99 Å². The second kappa shape index (κ2) is 2.76. The lowest BCUT2D eigenvalue weighted by Crippen LogP contribution is -2.20. The second-order valence-electron chi connectivity index (χ2n) is 3.38. The van der Waals surface area contributed by atoms with Crippen LogP contribution in [-0.4, -0.2) is 12.6 Å². The number of aliphatic imine (C=N–C) groups is 1. The van der Waals surface area contributed by atoms with Gasteiger partial charge >= 0.3 is 0 Å².